The number of aromatic nitrogens is 1. The monoisotopic (exact) mass is 444 g/mol. The summed E-state index contributed by atoms with van der Waals surface area (Å²) in [6, 6.07) is 10.00. The summed E-state index contributed by atoms with van der Waals surface area (Å²) in [5, 5.41) is 7.28. The van der Waals surface area contributed by atoms with Crippen molar-refractivity contribution in [2.75, 3.05) is 30.4 Å². The van der Waals surface area contributed by atoms with E-state index in [2.05, 4.69) is 47.0 Å². The summed E-state index contributed by atoms with van der Waals surface area (Å²) in [6.45, 7) is 6.89. The predicted octanol–water partition coefficient (Wildman–Crippen LogP) is 4.83. The fourth-order valence-corrected chi connectivity index (χ4v) is 4.58. The van der Waals surface area contributed by atoms with Gasteiger partial charge in [0.25, 0.3) is 6.17 Å². The predicted molar refractivity (Wildman–Crippen MR) is 124 cm³/mol. The molecule has 2 atom stereocenters. The van der Waals surface area contributed by atoms with Gasteiger partial charge in [0.2, 0.25) is 0 Å². The molecule has 8 heteroatoms. The van der Waals surface area contributed by atoms with Gasteiger partial charge < -0.3 is 10.1 Å². The lowest BCUT2D eigenvalue weighted by atomic mass is 9.88. The third-order valence-electron chi connectivity index (χ3n) is 5.97. The first-order valence-corrected chi connectivity index (χ1v) is 11.4. The van der Waals surface area contributed by atoms with Gasteiger partial charge >= 0.3 is 0 Å². The van der Waals surface area contributed by atoms with Crippen molar-refractivity contribution in [1.82, 2.24) is 10.3 Å². The molecule has 7 nitrogen and oxygen atoms in total. The van der Waals surface area contributed by atoms with Gasteiger partial charge in [0.1, 0.15) is 4.87 Å². The SMILES string of the molecule is CC1(C)CC(CNc2cccc(-c3cc(N[N+](=O)C4CCCN4)ncc3Cl)c2)CCO1. The van der Waals surface area contributed by atoms with Crippen molar-refractivity contribution in [3.8, 4) is 11.1 Å². The standard InChI is InChI=1S/C23H31ClN5O2/c1-23(2)13-16(8-10-31-23)14-26-18-6-3-5-17(11-18)19-12-21(27-15-20(19)24)28-29(30)22-7-4-9-25-22/h3,5-6,11-12,15-16,22,25-26H,4,7-10,13-14H2,1-2H3,(H,27,28,30)/q+1. The average Bonchev–Trinajstić information content (AvgIpc) is 3.28. The molecule has 166 valence electrons. The smallest absolute Gasteiger partial charge is 0.288 e. The van der Waals surface area contributed by atoms with Crippen LogP contribution in [0.15, 0.2) is 36.5 Å². The molecule has 3 N–H and O–H groups in total. The van der Waals surface area contributed by atoms with Gasteiger partial charge in [-0.2, -0.15) is 0 Å². The van der Waals surface area contributed by atoms with E-state index in [0.717, 1.165) is 67.1 Å². The number of rotatable bonds is 7. The molecule has 2 aromatic rings. The van der Waals surface area contributed by atoms with Crippen LogP contribution in [-0.4, -0.2) is 41.3 Å². The third-order valence-corrected chi connectivity index (χ3v) is 6.27. The van der Waals surface area contributed by atoms with Crippen LogP contribution in [0.4, 0.5) is 11.5 Å². The maximum absolute atomic E-state index is 12.3. The molecule has 2 saturated heterocycles. The minimum Gasteiger partial charge on any atom is -0.385 e. The highest BCUT2D eigenvalue weighted by molar-refractivity contribution is 6.33. The minimum atomic E-state index is -0.233. The van der Waals surface area contributed by atoms with E-state index in [4.69, 9.17) is 16.3 Å². The molecule has 2 fully saturated rings. The number of halogens is 1. The summed E-state index contributed by atoms with van der Waals surface area (Å²) in [7, 11) is 0. The van der Waals surface area contributed by atoms with Crippen LogP contribution in [0.3, 0.4) is 0 Å². The van der Waals surface area contributed by atoms with Gasteiger partial charge in [0, 0.05) is 43.6 Å². The fourth-order valence-electron chi connectivity index (χ4n) is 4.37. The number of pyridine rings is 1. The molecule has 2 aliphatic heterocycles. The van der Waals surface area contributed by atoms with E-state index in [-0.39, 0.29) is 11.8 Å². The van der Waals surface area contributed by atoms with Crippen molar-refractivity contribution < 1.29 is 9.61 Å². The summed E-state index contributed by atoms with van der Waals surface area (Å²) in [4.78, 5) is 17.4. The van der Waals surface area contributed by atoms with Crippen molar-refractivity contribution in [1.29, 1.82) is 0 Å². The second kappa shape index (κ2) is 9.51. The van der Waals surface area contributed by atoms with Crippen LogP contribution in [0.5, 0.6) is 0 Å². The summed E-state index contributed by atoms with van der Waals surface area (Å²) in [6.07, 6.45) is 5.28. The lowest BCUT2D eigenvalue weighted by molar-refractivity contribution is -0.561. The molecular weight excluding hydrogens is 414 g/mol. The van der Waals surface area contributed by atoms with E-state index < -0.39 is 0 Å². The molecule has 1 aromatic heterocycles. The Hall–Kier alpha value is -2.22. The van der Waals surface area contributed by atoms with Crippen molar-refractivity contribution in [3.63, 3.8) is 0 Å². The number of nitrogens with zero attached hydrogens (tertiary/aromatic N) is 2. The first kappa shape index (κ1) is 22.0. The number of hydrogen-bond donors (Lipinski definition) is 3. The summed E-state index contributed by atoms with van der Waals surface area (Å²) in [5.74, 6) is 1.06. The van der Waals surface area contributed by atoms with E-state index in [1.807, 2.05) is 18.2 Å². The highest BCUT2D eigenvalue weighted by Crippen LogP contribution is 2.32. The lowest BCUT2D eigenvalue weighted by Crippen LogP contribution is -2.36. The molecule has 0 bridgehead atoms. The van der Waals surface area contributed by atoms with Gasteiger partial charge in [-0.1, -0.05) is 23.7 Å². The Kier molecular flexibility index (Phi) is 6.74. The van der Waals surface area contributed by atoms with Crippen LogP contribution < -0.4 is 16.1 Å². The first-order valence-electron chi connectivity index (χ1n) is 11.0. The first-order chi connectivity index (χ1) is 14.9. The van der Waals surface area contributed by atoms with Gasteiger partial charge in [0.15, 0.2) is 5.82 Å². The third kappa shape index (κ3) is 5.73. The number of ether oxygens (including phenoxy) is 1. The number of hydrogen-bond acceptors (Lipinski definition) is 5. The number of nitrogens with one attached hydrogen (secondary N) is 3. The minimum absolute atomic E-state index is 0.0517. The van der Waals surface area contributed by atoms with Crippen molar-refractivity contribution in [3.05, 3.63) is 46.5 Å². The Morgan fingerprint density at radius 3 is 2.97 bits per heavy atom. The zero-order valence-corrected chi connectivity index (χ0v) is 18.9. The topological polar surface area (TPSA) is 78.3 Å². The molecule has 0 spiro atoms. The Labute approximate surface area is 188 Å². The quantitative estimate of drug-likeness (QED) is 0.419. The van der Waals surface area contributed by atoms with E-state index in [1.54, 1.807) is 6.20 Å². The van der Waals surface area contributed by atoms with Crippen LogP contribution in [0.25, 0.3) is 11.1 Å². The highest BCUT2D eigenvalue weighted by Gasteiger charge is 2.30. The largest absolute Gasteiger partial charge is 0.385 e. The Bertz CT molecular complexity index is 930. The normalized spacial score (nSPS) is 22.8. The molecule has 2 unspecified atom stereocenters. The summed E-state index contributed by atoms with van der Waals surface area (Å²) < 4.78 is 5.82. The number of benzene rings is 1. The van der Waals surface area contributed by atoms with E-state index in [0.29, 0.717) is 16.8 Å². The Morgan fingerprint density at radius 1 is 1.32 bits per heavy atom. The molecule has 2 aliphatic rings. The molecule has 0 radical (unpaired) electrons. The maximum Gasteiger partial charge on any atom is 0.288 e. The fraction of sp³-hybridized carbons (Fsp3) is 0.522. The van der Waals surface area contributed by atoms with Crippen molar-refractivity contribution in [2.45, 2.75) is 51.3 Å². The van der Waals surface area contributed by atoms with Crippen LogP contribution >= 0.6 is 11.6 Å². The molecule has 4 rings (SSSR count). The zero-order valence-electron chi connectivity index (χ0n) is 18.2. The van der Waals surface area contributed by atoms with Gasteiger partial charge in [-0.3, -0.25) is 5.32 Å². The Morgan fingerprint density at radius 2 is 2.19 bits per heavy atom. The molecule has 31 heavy (non-hydrogen) atoms. The highest BCUT2D eigenvalue weighted by atomic mass is 35.5. The molecular formula is C23H31ClN5O2+. The molecule has 0 aliphatic carbocycles. The van der Waals surface area contributed by atoms with Gasteiger partial charge in [-0.05, 0) is 62.8 Å². The molecule has 0 saturated carbocycles. The average molecular weight is 445 g/mol. The lowest BCUT2D eigenvalue weighted by Gasteiger charge is -2.35. The second-order valence-corrected chi connectivity index (χ2v) is 9.44. The number of anilines is 2. The van der Waals surface area contributed by atoms with E-state index >= 15 is 0 Å². The summed E-state index contributed by atoms with van der Waals surface area (Å²) in [5.41, 5.74) is 5.64. The second-order valence-electron chi connectivity index (χ2n) is 9.03. The van der Waals surface area contributed by atoms with Crippen LogP contribution in [-0.2, 0) is 4.74 Å². The zero-order chi connectivity index (χ0) is 21.8. The summed E-state index contributed by atoms with van der Waals surface area (Å²) >= 11 is 6.45. The number of nitroso groups, excluding NO2 is 1. The maximum atomic E-state index is 12.3. The Balaban J connectivity index is 1.44. The molecule has 0 amide bonds. The van der Waals surface area contributed by atoms with E-state index in [1.165, 1.54) is 0 Å². The van der Waals surface area contributed by atoms with Gasteiger partial charge in [0.05, 0.1) is 15.5 Å². The molecule has 3 heterocycles. The van der Waals surface area contributed by atoms with Crippen LogP contribution in [0.2, 0.25) is 5.02 Å². The van der Waals surface area contributed by atoms with Gasteiger partial charge in [-0.25, -0.2) is 4.98 Å². The number of hydrazine groups is 1. The van der Waals surface area contributed by atoms with Crippen LogP contribution in [0, 0.1) is 10.8 Å². The van der Waals surface area contributed by atoms with Crippen molar-refractivity contribution in [2.24, 2.45) is 5.92 Å². The van der Waals surface area contributed by atoms with Crippen LogP contribution in [0.1, 0.15) is 39.5 Å². The van der Waals surface area contributed by atoms with Gasteiger partial charge in [-0.15, -0.1) is 5.43 Å². The molecule has 1 aromatic carbocycles. The van der Waals surface area contributed by atoms with Crippen molar-refractivity contribution >= 4 is 23.1 Å². The van der Waals surface area contributed by atoms with E-state index in [9.17, 15) is 4.91 Å².